The van der Waals surface area contributed by atoms with Crippen molar-refractivity contribution in [2.45, 2.75) is 31.7 Å². The van der Waals surface area contributed by atoms with Gasteiger partial charge >= 0.3 is 0 Å². The number of likely N-dealkylation sites (tertiary alicyclic amines) is 1. The van der Waals surface area contributed by atoms with Crippen LogP contribution in [-0.4, -0.2) is 47.7 Å². The summed E-state index contributed by atoms with van der Waals surface area (Å²) >= 11 is 0. The topological polar surface area (TPSA) is 98.7 Å². The van der Waals surface area contributed by atoms with E-state index in [1.54, 1.807) is 18.9 Å². The van der Waals surface area contributed by atoms with Crippen molar-refractivity contribution in [3.63, 3.8) is 0 Å². The number of hydrogen-bond acceptors (Lipinski definition) is 5. The fraction of sp³-hybridized carbons (Fsp3) is 0.615. The summed E-state index contributed by atoms with van der Waals surface area (Å²) in [5.74, 6) is -0.636. The fourth-order valence-corrected chi connectivity index (χ4v) is 2.88. The van der Waals surface area contributed by atoms with E-state index >= 15 is 0 Å². The molecule has 1 aromatic rings. The van der Waals surface area contributed by atoms with Crippen LogP contribution in [0.15, 0.2) is 10.8 Å². The molecule has 0 saturated carbocycles. The molecule has 2 rings (SSSR count). The molecule has 1 fully saturated rings. The third-order valence-electron chi connectivity index (χ3n) is 3.74. The minimum atomic E-state index is -0.665. The summed E-state index contributed by atoms with van der Waals surface area (Å²) in [6, 6.07) is 0. The molecule has 2 heterocycles. The minimum Gasteiger partial charge on any atom is -0.382 e. The van der Waals surface area contributed by atoms with E-state index in [9.17, 15) is 9.59 Å². The van der Waals surface area contributed by atoms with Gasteiger partial charge < -0.3 is 19.9 Å². The van der Waals surface area contributed by atoms with E-state index in [-0.39, 0.29) is 18.9 Å². The number of nitrogens with zero attached hydrogens (tertiary/aromatic N) is 2. The number of carbonyl (C=O) groups is 2. The maximum atomic E-state index is 12.6. The van der Waals surface area contributed by atoms with Gasteiger partial charge in [0.1, 0.15) is 11.8 Å². The fourth-order valence-electron chi connectivity index (χ4n) is 2.88. The van der Waals surface area contributed by atoms with Gasteiger partial charge in [-0.3, -0.25) is 9.59 Å². The van der Waals surface area contributed by atoms with Crippen molar-refractivity contribution in [3.8, 4) is 0 Å². The molecule has 20 heavy (non-hydrogen) atoms. The number of hydrogen-bond donors (Lipinski definition) is 1. The molecule has 0 spiro atoms. The molecule has 0 aliphatic carbocycles. The lowest BCUT2D eigenvalue weighted by molar-refractivity contribution is -0.121. The second kappa shape index (κ2) is 5.62. The quantitative estimate of drug-likeness (QED) is 0.846. The number of carbonyl (C=O) groups excluding carboxylic acids is 2. The van der Waals surface area contributed by atoms with E-state index in [0.29, 0.717) is 24.2 Å². The maximum absolute atomic E-state index is 12.6. The predicted octanol–water partition coefficient (Wildman–Crippen LogP) is 0.480. The van der Waals surface area contributed by atoms with E-state index in [4.69, 9.17) is 15.0 Å². The van der Waals surface area contributed by atoms with Crippen molar-refractivity contribution in [2.75, 3.05) is 20.3 Å². The number of nitrogens with two attached hydrogens (primary N) is 1. The van der Waals surface area contributed by atoms with Crippen LogP contribution in [0.1, 0.15) is 35.3 Å². The van der Waals surface area contributed by atoms with E-state index in [2.05, 4.69) is 5.16 Å². The van der Waals surface area contributed by atoms with Gasteiger partial charge in [-0.15, -0.1) is 0 Å². The Bertz CT molecular complexity index is 513. The molecule has 1 aliphatic heterocycles. The number of primary amides is 1. The molecule has 1 aliphatic rings. The molecule has 7 nitrogen and oxygen atoms in total. The lowest BCUT2D eigenvalue weighted by Gasteiger charge is -2.37. The molecule has 110 valence electrons. The Morgan fingerprint density at radius 3 is 2.90 bits per heavy atom. The van der Waals surface area contributed by atoms with Crippen LogP contribution >= 0.6 is 0 Å². The summed E-state index contributed by atoms with van der Waals surface area (Å²) in [6.45, 7) is 2.56. The van der Waals surface area contributed by atoms with Crippen molar-refractivity contribution >= 4 is 11.8 Å². The molecule has 1 saturated heterocycles. The van der Waals surface area contributed by atoms with Gasteiger partial charge in [-0.2, -0.15) is 0 Å². The number of methoxy groups -OCH3 is 1. The second-order valence-corrected chi connectivity index (χ2v) is 5.17. The zero-order valence-electron chi connectivity index (χ0n) is 11.7. The van der Waals surface area contributed by atoms with Crippen LogP contribution in [0.4, 0.5) is 0 Å². The summed E-state index contributed by atoms with van der Waals surface area (Å²) in [5, 5.41) is 3.72. The van der Waals surface area contributed by atoms with E-state index < -0.39 is 11.4 Å². The van der Waals surface area contributed by atoms with Gasteiger partial charge in [-0.05, 0) is 19.8 Å². The highest BCUT2D eigenvalue weighted by molar-refractivity contribution is 5.96. The Balaban J connectivity index is 2.30. The van der Waals surface area contributed by atoms with Gasteiger partial charge in [0.2, 0.25) is 5.91 Å². The molecule has 1 atom stereocenters. The molecule has 7 heteroatoms. The molecule has 2 amide bonds. The van der Waals surface area contributed by atoms with Gasteiger partial charge in [0.05, 0.1) is 24.3 Å². The Morgan fingerprint density at radius 1 is 1.60 bits per heavy atom. The summed E-state index contributed by atoms with van der Waals surface area (Å²) in [5.41, 5.74) is 5.62. The summed E-state index contributed by atoms with van der Waals surface area (Å²) in [7, 11) is 1.55. The summed E-state index contributed by atoms with van der Waals surface area (Å²) < 4.78 is 10.0. The standard InChI is InChI=1S/C13H19N3O4/c1-9-10(7-20-15-9)12(18)16-5-3-4-13(16,8-19-2)6-11(14)17/h7H,3-6,8H2,1-2H3,(H2,14,17)/t13-/m1/s1. The molecule has 0 unspecified atom stereocenters. The highest BCUT2D eigenvalue weighted by Gasteiger charge is 2.45. The normalized spacial score (nSPS) is 22.2. The van der Waals surface area contributed by atoms with Gasteiger partial charge in [0.15, 0.2) is 0 Å². The Labute approximate surface area is 117 Å². The Morgan fingerprint density at radius 2 is 2.35 bits per heavy atom. The SMILES string of the molecule is COC[C@]1(CC(N)=O)CCCN1C(=O)c1conc1C. The number of ether oxygens (including phenoxy) is 1. The summed E-state index contributed by atoms with van der Waals surface area (Å²) in [4.78, 5) is 25.6. The first kappa shape index (κ1) is 14.5. The van der Waals surface area contributed by atoms with Crippen molar-refractivity contribution < 1.29 is 18.8 Å². The largest absolute Gasteiger partial charge is 0.382 e. The highest BCUT2D eigenvalue weighted by Crippen LogP contribution is 2.34. The third-order valence-corrected chi connectivity index (χ3v) is 3.74. The maximum Gasteiger partial charge on any atom is 0.259 e. The molecular weight excluding hydrogens is 262 g/mol. The molecule has 1 aromatic heterocycles. The first-order valence-corrected chi connectivity index (χ1v) is 6.50. The molecule has 0 radical (unpaired) electrons. The van der Waals surface area contributed by atoms with Crippen molar-refractivity contribution in [2.24, 2.45) is 5.73 Å². The number of rotatable bonds is 5. The van der Waals surface area contributed by atoms with Crippen molar-refractivity contribution in [1.29, 1.82) is 0 Å². The van der Waals surface area contributed by atoms with E-state index in [1.807, 2.05) is 0 Å². The second-order valence-electron chi connectivity index (χ2n) is 5.17. The molecule has 0 aromatic carbocycles. The zero-order valence-corrected chi connectivity index (χ0v) is 11.7. The van der Waals surface area contributed by atoms with Gasteiger partial charge in [0, 0.05) is 13.7 Å². The smallest absolute Gasteiger partial charge is 0.259 e. The third kappa shape index (κ3) is 2.53. The first-order valence-electron chi connectivity index (χ1n) is 6.50. The van der Waals surface area contributed by atoms with E-state index in [0.717, 1.165) is 6.42 Å². The van der Waals surface area contributed by atoms with Crippen LogP contribution < -0.4 is 5.73 Å². The van der Waals surface area contributed by atoms with Gasteiger partial charge in [-0.1, -0.05) is 5.16 Å². The highest BCUT2D eigenvalue weighted by atomic mass is 16.5. The monoisotopic (exact) mass is 281 g/mol. The van der Waals surface area contributed by atoms with Crippen molar-refractivity contribution in [3.05, 3.63) is 17.5 Å². The van der Waals surface area contributed by atoms with Crippen molar-refractivity contribution in [1.82, 2.24) is 10.1 Å². The first-order chi connectivity index (χ1) is 9.50. The molecule has 0 bridgehead atoms. The number of aryl methyl sites for hydroxylation is 1. The summed E-state index contributed by atoms with van der Waals surface area (Å²) in [6.07, 6.45) is 2.93. The zero-order chi connectivity index (χ0) is 14.8. The minimum absolute atomic E-state index is 0.0942. The average Bonchev–Trinajstić information content (AvgIpc) is 2.95. The van der Waals surface area contributed by atoms with Crippen LogP contribution in [0, 0.1) is 6.92 Å². The van der Waals surface area contributed by atoms with Crippen LogP contribution in [-0.2, 0) is 9.53 Å². The predicted molar refractivity (Wildman–Crippen MR) is 69.9 cm³/mol. The number of amides is 2. The molecule has 2 N–H and O–H groups in total. The Kier molecular flexibility index (Phi) is 4.08. The van der Waals surface area contributed by atoms with Crippen LogP contribution in [0.2, 0.25) is 0 Å². The van der Waals surface area contributed by atoms with Crippen LogP contribution in [0.25, 0.3) is 0 Å². The van der Waals surface area contributed by atoms with Gasteiger partial charge in [0.25, 0.3) is 5.91 Å². The van der Waals surface area contributed by atoms with Crippen LogP contribution in [0.3, 0.4) is 0 Å². The molecular formula is C13H19N3O4. The van der Waals surface area contributed by atoms with Crippen LogP contribution in [0.5, 0.6) is 0 Å². The number of aromatic nitrogens is 1. The Hall–Kier alpha value is -1.89. The van der Waals surface area contributed by atoms with Gasteiger partial charge in [-0.25, -0.2) is 0 Å². The average molecular weight is 281 g/mol. The van der Waals surface area contributed by atoms with E-state index in [1.165, 1.54) is 6.26 Å². The lowest BCUT2D eigenvalue weighted by Crippen LogP contribution is -2.52. The lowest BCUT2D eigenvalue weighted by atomic mass is 9.92.